The predicted octanol–water partition coefficient (Wildman–Crippen LogP) is 1.07. The molecule has 1 nitrogen and oxygen atoms in total. The largest absolute Gasteiger partial charge is 0.230 e. The van der Waals surface area contributed by atoms with Gasteiger partial charge in [0.25, 0.3) is 0 Å². The molecule has 0 aliphatic carbocycles. The highest BCUT2D eigenvalue weighted by molar-refractivity contribution is 8.00. The van der Waals surface area contributed by atoms with Gasteiger partial charge in [-0.05, 0) is 13.8 Å². The molecule has 0 saturated carbocycles. The van der Waals surface area contributed by atoms with Gasteiger partial charge in [-0.3, -0.25) is 0 Å². The highest BCUT2D eigenvalue weighted by atomic mass is 32.2. The molecule has 1 heterocycles. The maximum atomic E-state index is 4.20. The van der Waals surface area contributed by atoms with E-state index < -0.39 is 0 Å². The number of thioether (sulfide) groups is 1. The molecule has 1 saturated heterocycles. The van der Waals surface area contributed by atoms with Gasteiger partial charge in [0.2, 0.25) is 0 Å². The summed E-state index contributed by atoms with van der Waals surface area (Å²) in [6.45, 7) is 5.50. The first kappa shape index (κ1) is 5.45. The fourth-order valence-electron chi connectivity index (χ4n) is 0.581. The maximum absolute atomic E-state index is 4.20. The average molecular weight is 116 g/mol. The summed E-state index contributed by atoms with van der Waals surface area (Å²) in [7, 11) is 0. The third-order valence-corrected chi connectivity index (χ3v) is 2.26. The summed E-state index contributed by atoms with van der Waals surface area (Å²) in [4.78, 5) is 0. The Labute approximate surface area is 48.9 Å². The average Bonchev–Trinajstić information content (AvgIpc) is 1.84. The van der Waals surface area contributed by atoms with Crippen molar-refractivity contribution in [2.75, 3.05) is 12.4 Å². The molecule has 1 aliphatic heterocycles. The Balaban J connectivity index is 2.40. The second-order valence-electron chi connectivity index (χ2n) is 2.41. The lowest BCUT2D eigenvalue weighted by Gasteiger charge is -2.11. The van der Waals surface area contributed by atoms with E-state index in [1.807, 2.05) is 11.8 Å². The van der Waals surface area contributed by atoms with E-state index in [1.54, 1.807) is 0 Å². The molecule has 41 valence electrons. The van der Waals surface area contributed by atoms with Crippen LogP contribution in [0.3, 0.4) is 0 Å². The molecule has 0 N–H and O–H groups in total. The third-order valence-electron chi connectivity index (χ3n) is 1.04. The molecule has 2 heteroatoms. The van der Waals surface area contributed by atoms with Crippen LogP contribution in [0, 0.1) is 0 Å². The molecule has 0 amide bonds. The molecule has 0 aromatic carbocycles. The van der Waals surface area contributed by atoms with Gasteiger partial charge < -0.3 is 0 Å². The monoisotopic (exact) mass is 116 g/mol. The van der Waals surface area contributed by atoms with E-state index in [0.29, 0.717) is 4.75 Å². The zero-order chi connectivity index (χ0) is 5.33. The van der Waals surface area contributed by atoms with Crippen LogP contribution in [0.5, 0.6) is 0 Å². The second-order valence-corrected chi connectivity index (χ2v) is 4.07. The van der Waals surface area contributed by atoms with E-state index in [-0.39, 0.29) is 0 Å². The van der Waals surface area contributed by atoms with Crippen molar-refractivity contribution in [3.63, 3.8) is 0 Å². The van der Waals surface area contributed by atoms with Crippen LogP contribution in [0.2, 0.25) is 0 Å². The molecule has 0 unspecified atom stereocenters. The van der Waals surface area contributed by atoms with E-state index >= 15 is 0 Å². The SMILES string of the molecule is CC1(C)C[N]CS1. The molecule has 1 aliphatic rings. The highest BCUT2D eigenvalue weighted by Crippen LogP contribution is 2.27. The number of hydrogen-bond donors (Lipinski definition) is 0. The highest BCUT2D eigenvalue weighted by Gasteiger charge is 2.23. The Morgan fingerprint density at radius 3 is 2.43 bits per heavy atom. The molecular formula is C5H10NS. The number of rotatable bonds is 0. The van der Waals surface area contributed by atoms with Gasteiger partial charge in [-0.25, -0.2) is 5.32 Å². The summed E-state index contributed by atoms with van der Waals surface area (Å²) < 4.78 is 0.444. The van der Waals surface area contributed by atoms with Gasteiger partial charge in [0.15, 0.2) is 0 Å². The van der Waals surface area contributed by atoms with Gasteiger partial charge in [-0.15, -0.1) is 11.8 Å². The van der Waals surface area contributed by atoms with Crippen LogP contribution in [0.25, 0.3) is 0 Å². The van der Waals surface area contributed by atoms with E-state index in [9.17, 15) is 0 Å². The maximum Gasteiger partial charge on any atom is 0.0596 e. The zero-order valence-electron chi connectivity index (χ0n) is 4.77. The van der Waals surface area contributed by atoms with Gasteiger partial charge >= 0.3 is 0 Å². The third kappa shape index (κ3) is 1.35. The quantitative estimate of drug-likeness (QED) is 0.462. The molecule has 7 heavy (non-hydrogen) atoms. The number of hydrogen-bond acceptors (Lipinski definition) is 1. The summed E-state index contributed by atoms with van der Waals surface area (Å²) in [5.74, 6) is 1.01. The molecular weight excluding hydrogens is 106 g/mol. The summed E-state index contributed by atoms with van der Waals surface area (Å²) in [6.07, 6.45) is 0. The Bertz CT molecular complexity index is 62.5. The molecule has 1 fully saturated rings. The Morgan fingerprint density at radius 2 is 2.29 bits per heavy atom. The normalized spacial score (nSPS) is 28.3. The topological polar surface area (TPSA) is 14.1 Å². The van der Waals surface area contributed by atoms with Crippen molar-refractivity contribution in [3.05, 3.63) is 0 Å². The molecule has 0 spiro atoms. The van der Waals surface area contributed by atoms with E-state index in [0.717, 1.165) is 12.4 Å². The first-order valence-electron chi connectivity index (χ1n) is 2.48. The van der Waals surface area contributed by atoms with Crippen molar-refractivity contribution >= 4 is 11.8 Å². The Kier molecular flexibility index (Phi) is 1.30. The van der Waals surface area contributed by atoms with Crippen molar-refractivity contribution in [3.8, 4) is 0 Å². The standard InChI is InChI=1S/C5H10NS/c1-5(2)3-6-4-7-5/h3-4H2,1-2H3. The lowest BCUT2D eigenvalue weighted by molar-refractivity contribution is 0.666. The lowest BCUT2D eigenvalue weighted by atomic mass is 10.2. The number of nitrogens with zero attached hydrogens (tertiary/aromatic N) is 1. The van der Waals surface area contributed by atoms with Crippen molar-refractivity contribution in [2.45, 2.75) is 18.6 Å². The van der Waals surface area contributed by atoms with E-state index in [4.69, 9.17) is 0 Å². The van der Waals surface area contributed by atoms with Crippen molar-refractivity contribution in [2.24, 2.45) is 0 Å². The molecule has 1 rings (SSSR count). The van der Waals surface area contributed by atoms with Crippen molar-refractivity contribution in [1.82, 2.24) is 5.32 Å². The van der Waals surface area contributed by atoms with E-state index in [2.05, 4.69) is 19.2 Å². The minimum atomic E-state index is 0.444. The smallest absolute Gasteiger partial charge is 0.0596 e. The van der Waals surface area contributed by atoms with Gasteiger partial charge in [-0.2, -0.15) is 0 Å². The van der Waals surface area contributed by atoms with Crippen molar-refractivity contribution < 1.29 is 0 Å². The van der Waals surface area contributed by atoms with Crippen LogP contribution in [0.15, 0.2) is 0 Å². The van der Waals surface area contributed by atoms with E-state index in [1.165, 1.54) is 0 Å². The van der Waals surface area contributed by atoms with Crippen LogP contribution in [-0.4, -0.2) is 17.2 Å². The van der Waals surface area contributed by atoms with Crippen molar-refractivity contribution in [1.29, 1.82) is 0 Å². The summed E-state index contributed by atoms with van der Waals surface area (Å²) in [5, 5.41) is 4.20. The van der Waals surface area contributed by atoms with Crippen LogP contribution >= 0.6 is 11.8 Å². The minimum Gasteiger partial charge on any atom is -0.230 e. The van der Waals surface area contributed by atoms with Gasteiger partial charge in [0.05, 0.1) is 5.88 Å². The van der Waals surface area contributed by atoms with Gasteiger partial charge in [0.1, 0.15) is 0 Å². The Morgan fingerprint density at radius 1 is 1.57 bits per heavy atom. The zero-order valence-corrected chi connectivity index (χ0v) is 5.59. The van der Waals surface area contributed by atoms with Gasteiger partial charge in [0, 0.05) is 11.3 Å². The summed E-state index contributed by atoms with van der Waals surface area (Å²) in [6, 6.07) is 0. The second kappa shape index (κ2) is 1.67. The fraction of sp³-hybridized carbons (Fsp3) is 1.00. The van der Waals surface area contributed by atoms with Gasteiger partial charge in [-0.1, -0.05) is 0 Å². The summed E-state index contributed by atoms with van der Waals surface area (Å²) >= 11 is 1.93. The molecule has 0 atom stereocenters. The Hall–Kier alpha value is 0.310. The first-order valence-corrected chi connectivity index (χ1v) is 3.46. The van der Waals surface area contributed by atoms with Crippen LogP contribution in [0.1, 0.15) is 13.8 Å². The van der Waals surface area contributed by atoms with Crippen LogP contribution in [0.4, 0.5) is 0 Å². The predicted molar refractivity (Wildman–Crippen MR) is 33.5 cm³/mol. The minimum absolute atomic E-state index is 0.444. The first-order chi connectivity index (χ1) is 3.21. The molecule has 1 radical (unpaired) electrons. The summed E-state index contributed by atoms with van der Waals surface area (Å²) in [5.41, 5.74) is 0. The molecule has 0 aromatic heterocycles. The molecule has 0 aromatic rings. The van der Waals surface area contributed by atoms with Crippen LogP contribution < -0.4 is 5.32 Å². The van der Waals surface area contributed by atoms with Crippen LogP contribution in [-0.2, 0) is 0 Å². The fourth-order valence-corrected chi connectivity index (χ4v) is 1.30. The lowest BCUT2D eigenvalue weighted by Crippen LogP contribution is -2.16. The molecule has 0 bridgehead atoms.